The second-order valence-electron chi connectivity index (χ2n) is 5.97. The van der Waals surface area contributed by atoms with Gasteiger partial charge in [-0.3, -0.25) is 9.78 Å². The molecule has 1 amide bonds. The third-order valence-corrected chi connectivity index (χ3v) is 4.82. The molecule has 2 aliphatic heterocycles. The predicted octanol–water partition coefficient (Wildman–Crippen LogP) is 2.05. The molecule has 6 nitrogen and oxygen atoms in total. The summed E-state index contributed by atoms with van der Waals surface area (Å²) in [5.74, 6) is -0.974. The van der Waals surface area contributed by atoms with Gasteiger partial charge < -0.3 is 20.1 Å². The maximum absolute atomic E-state index is 14.2. The van der Waals surface area contributed by atoms with Gasteiger partial charge >= 0.3 is 0 Å². The number of benzene rings is 1. The molecule has 0 saturated carbocycles. The Labute approximate surface area is 148 Å². The standard InChI is InChI=1S/C17H15ClFN3O3/c18-14-15(13-11(19)2-1-3-12(13)23)21-7-10-16(14)25-8-9-6-20-4-5-22(9)17(10)24/h1-3,7,9,20,23H,4-6,8H2/t9-/m0/s1. The Balaban J connectivity index is 1.84. The van der Waals surface area contributed by atoms with Crippen LogP contribution in [0.1, 0.15) is 10.4 Å². The summed E-state index contributed by atoms with van der Waals surface area (Å²) in [5.41, 5.74) is 0.172. The SMILES string of the molecule is O=C1c2cnc(-c3c(O)cccc3F)c(Cl)c2OC[C@@H]2CNCCN12. The van der Waals surface area contributed by atoms with Gasteiger partial charge in [0.05, 0.1) is 17.3 Å². The highest BCUT2D eigenvalue weighted by atomic mass is 35.5. The van der Waals surface area contributed by atoms with Gasteiger partial charge in [0.15, 0.2) is 5.75 Å². The molecule has 1 atom stereocenters. The lowest BCUT2D eigenvalue weighted by Gasteiger charge is -2.33. The van der Waals surface area contributed by atoms with E-state index in [1.165, 1.54) is 24.4 Å². The Morgan fingerprint density at radius 3 is 3.08 bits per heavy atom. The number of carbonyl (C=O) groups excluding carboxylic acids is 1. The number of aromatic hydroxyl groups is 1. The van der Waals surface area contributed by atoms with Gasteiger partial charge in [0.1, 0.15) is 28.8 Å². The van der Waals surface area contributed by atoms with E-state index in [2.05, 4.69) is 10.3 Å². The van der Waals surface area contributed by atoms with Crippen molar-refractivity contribution < 1.29 is 19.0 Å². The van der Waals surface area contributed by atoms with Crippen molar-refractivity contribution >= 4 is 17.5 Å². The van der Waals surface area contributed by atoms with E-state index >= 15 is 0 Å². The van der Waals surface area contributed by atoms with Gasteiger partial charge in [-0.05, 0) is 12.1 Å². The maximum Gasteiger partial charge on any atom is 0.259 e. The lowest BCUT2D eigenvalue weighted by Crippen LogP contribution is -2.54. The number of halogens is 2. The quantitative estimate of drug-likeness (QED) is 0.811. The number of ether oxygens (including phenoxy) is 1. The first-order valence-corrected chi connectivity index (χ1v) is 8.26. The summed E-state index contributed by atoms with van der Waals surface area (Å²) in [6.07, 6.45) is 1.33. The minimum absolute atomic E-state index is 0.0130. The Morgan fingerprint density at radius 1 is 1.44 bits per heavy atom. The molecule has 4 rings (SSSR count). The van der Waals surface area contributed by atoms with Gasteiger partial charge in [-0.1, -0.05) is 17.7 Å². The number of carbonyl (C=O) groups is 1. The number of fused-ring (bicyclic) bond motifs is 2. The summed E-state index contributed by atoms with van der Waals surface area (Å²) in [4.78, 5) is 18.7. The fraction of sp³-hybridized carbons (Fsp3) is 0.294. The molecule has 0 radical (unpaired) electrons. The molecule has 2 N–H and O–H groups in total. The summed E-state index contributed by atoms with van der Waals surface area (Å²) < 4.78 is 19.9. The van der Waals surface area contributed by atoms with Gasteiger partial charge in [0.2, 0.25) is 0 Å². The van der Waals surface area contributed by atoms with Gasteiger partial charge in [-0.15, -0.1) is 0 Å². The summed E-state index contributed by atoms with van der Waals surface area (Å²) in [6.45, 7) is 2.18. The van der Waals surface area contributed by atoms with Crippen LogP contribution in [0.2, 0.25) is 5.02 Å². The van der Waals surface area contributed by atoms with Crippen LogP contribution in [0.5, 0.6) is 11.5 Å². The van der Waals surface area contributed by atoms with Crippen molar-refractivity contribution in [1.29, 1.82) is 0 Å². The molecule has 0 aliphatic carbocycles. The van der Waals surface area contributed by atoms with Crippen molar-refractivity contribution in [1.82, 2.24) is 15.2 Å². The second-order valence-corrected chi connectivity index (χ2v) is 6.34. The van der Waals surface area contributed by atoms with E-state index in [1.807, 2.05) is 0 Å². The number of hydrogen-bond acceptors (Lipinski definition) is 5. The number of nitrogens with one attached hydrogen (secondary N) is 1. The molecular formula is C17H15ClFN3O3. The van der Waals surface area contributed by atoms with Gasteiger partial charge in [0, 0.05) is 25.8 Å². The first kappa shape index (κ1) is 16.1. The molecule has 2 aromatic rings. The van der Waals surface area contributed by atoms with Crippen LogP contribution in [0.15, 0.2) is 24.4 Å². The van der Waals surface area contributed by atoms with Crippen LogP contribution in [0.25, 0.3) is 11.3 Å². The Kier molecular flexibility index (Phi) is 3.97. The van der Waals surface area contributed by atoms with Crippen molar-refractivity contribution in [2.45, 2.75) is 6.04 Å². The number of aromatic nitrogens is 1. The van der Waals surface area contributed by atoms with Crippen molar-refractivity contribution in [2.75, 3.05) is 26.2 Å². The smallest absolute Gasteiger partial charge is 0.259 e. The van der Waals surface area contributed by atoms with Gasteiger partial charge in [-0.2, -0.15) is 0 Å². The van der Waals surface area contributed by atoms with E-state index in [1.54, 1.807) is 4.90 Å². The number of rotatable bonds is 1. The fourth-order valence-corrected chi connectivity index (χ4v) is 3.50. The molecule has 1 aromatic heterocycles. The van der Waals surface area contributed by atoms with Crippen molar-refractivity contribution in [3.63, 3.8) is 0 Å². The average Bonchev–Trinajstić information content (AvgIpc) is 2.75. The van der Waals surface area contributed by atoms with Crippen LogP contribution < -0.4 is 10.1 Å². The van der Waals surface area contributed by atoms with Crippen molar-refractivity contribution in [3.05, 3.63) is 40.8 Å². The molecule has 1 fully saturated rings. The van der Waals surface area contributed by atoms with E-state index in [-0.39, 0.29) is 51.9 Å². The van der Waals surface area contributed by atoms with Crippen LogP contribution in [0.4, 0.5) is 4.39 Å². The number of piperazine rings is 1. The Bertz CT molecular complexity index is 841. The summed E-state index contributed by atoms with van der Waals surface area (Å²) in [7, 11) is 0. The molecule has 2 aliphatic rings. The van der Waals surface area contributed by atoms with Crippen molar-refractivity contribution in [3.8, 4) is 22.8 Å². The number of amides is 1. The number of hydrogen-bond donors (Lipinski definition) is 2. The average molecular weight is 364 g/mol. The Morgan fingerprint density at radius 2 is 2.28 bits per heavy atom. The van der Waals surface area contributed by atoms with E-state index < -0.39 is 5.82 Å². The molecule has 1 saturated heterocycles. The van der Waals surface area contributed by atoms with Crippen LogP contribution >= 0.6 is 11.6 Å². The number of phenols is 1. The lowest BCUT2D eigenvalue weighted by atomic mass is 10.1. The van der Waals surface area contributed by atoms with E-state index in [0.717, 1.165) is 0 Å². The zero-order chi connectivity index (χ0) is 17.6. The zero-order valence-electron chi connectivity index (χ0n) is 13.1. The third-order valence-electron chi connectivity index (χ3n) is 4.46. The van der Waals surface area contributed by atoms with E-state index in [4.69, 9.17) is 16.3 Å². The summed E-state index contributed by atoms with van der Waals surface area (Å²) in [6, 6.07) is 3.84. The lowest BCUT2D eigenvalue weighted by molar-refractivity contribution is 0.0606. The minimum Gasteiger partial charge on any atom is -0.507 e. The molecule has 0 bridgehead atoms. The first-order valence-electron chi connectivity index (χ1n) is 7.88. The highest BCUT2D eigenvalue weighted by molar-refractivity contribution is 6.35. The van der Waals surface area contributed by atoms with E-state index in [0.29, 0.717) is 19.6 Å². The molecule has 0 unspecified atom stereocenters. The number of pyridine rings is 1. The van der Waals surface area contributed by atoms with Gasteiger partial charge in [-0.25, -0.2) is 4.39 Å². The Hall–Kier alpha value is -2.38. The monoisotopic (exact) mass is 363 g/mol. The van der Waals surface area contributed by atoms with Crippen LogP contribution in [0.3, 0.4) is 0 Å². The van der Waals surface area contributed by atoms with Crippen LogP contribution in [-0.2, 0) is 0 Å². The van der Waals surface area contributed by atoms with Crippen molar-refractivity contribution in [2.24, 2.45) is 0 Å². The highest BCUT2D eigenvalue weighted by Crippen LogP contribution is 2.41. The molecule has 25 heavy (non-hydrogen) atoms. The normalized spacial score (nSPS) is 19.7. The molecule has 130 valence electrons. The molecular weight excluding hydrogens is 349 g/mol. The summed E-state index contributed by atoms with van der Waals surface area (Å²) in [5, 5.41) is 13.2. The molecule has 8 heteroatoms. The topological polar surface area (TPSA) is 74.7 Å². The van der Waals surface area contributed by atoms with Gasteiger partial charge in [0.25, 0.3) is 5.91 Å². The predicted molar refractivity (Wildman–Crippen MR) is 89.5 cm³/mol. The first-order chi connectivity index (χ1) is 12.1. The van der Waals surface area contributed by atoms with E-state index in [9.17, 15) is 14.3 Å². The largest absolute Gasteiger partial charge is 0.507 e. The fourth-order valence-electron chi connectivity index (χ4n) is 3.20. The molecule has 1 aromatic carbocycles. The van der Waals surface area contributed by atoms with Crippen LogP contribution in [0, 0.1) is 5.82 Å². The third kappa shape index (κ3) is 2.60. The zero-order valence-corrected chi connectivity index (χ0v) is 13.9. The molecule has 3 heterocycles. The summed E-state index contributed by atoms with van der Waals surface area (Å²) >= 11 is 6.39. The maximum atomic E-state index is 14.2. The number of phenolic OH excluding ortho intramolecular Hbond substituents is 1. The minimum atomic E-state index is -0.657. The second kappa shape index (κ2) is 6.16. The van der Waals surface area contributed by atoms with Crippen LogP contribution in [-0.4, -0.2) is 53.2 Å². The highest BCUT2D eigenvalue weighted by Gasteiger charge is 2.35. The number of nitrogens with zero attached hydrogens (tertiary/aromatic N) is 2. The molecule has 0 spiro atoms.